The fourth-order valence-electron chi connectivity index (χ4n) is 4.86. The first-order chi connectivity index (χ1) is 20.6. The standard InChI is InChI=1S/C30H34N4O8S/c1-19-15-34(20(2)17-35)29(36)24-13-22(32-43(38,39)23-7-5-4-6-8-23)10-11-25(24)42-28(19)16-33(3)30(37)31-21-9-12-26-27(14-21)41-18-40-26/h4-14,19-20,28,32,35H,15-18H2,1-3H3,(H,31,37)/t19-,20+,28+/m1/s1. The maximum absolute atomic E-state index is 13.7. The van der Waals surface area contributed by atoms with Gasteiger partial charge in [0, 0.05) is 37.0 Å². The number of sulfonamides is 1. The third kappa shape index (κ3) is 6.62. The minimum atomic E-state index is -3.90. The van der Waals surface area contributed by atoms with Gasteiger partial charge in [0.15, 0.2) is 11.5 Å². The van der Waals surface area contributed by atoms with Crippen LogP contribution in [0.25, 0.3) is 0 Å². The minimum Gasteiger partial charge on any atom is -0.487 e. The van der Waals surface area contributed by atoms with Gasteiger partial charge in [0.05, 0.1) is 29.7 Å². The van der Waals surface area contributed by atoms with E-state index in [4.69, 9.17) is 14.2 Å². The number of nitrogens with zero attached hydrogens (tertiary/aromatic N) is 2. The number of hydrogen-bond donors (Lipinski definition) is 3. The highest BCUT2D eigenvalue weighted by molar-refractivity contribution is 7.92. The monoisotopic (exact) mass is 610 g/mol. The van der Waals surface area contributed by atoms with Crippen molar-refractivity contribution >= 4 is 33.3 Å². The summed E-state index contributed by atoms with van der Waals surface area (Å²) in [7, 11) is -2.27. The molecule has 12 nitrogen and oxygen atoms in total. The lowest BCUT2D eigenvalue weighted by Crippen LogP contribution is -2.50. The second kappa shape index (κ2) is 12.4. The molecule has 0 unspecified atom stereocenters. The molecule has 13 heteroatoms. The molecule has 3 N–H and O–H groups in total. The van der Waals surface area contributed by atoms with Crippen molar-refractivity contribution in [2.75, 3.05) is 43.6 Å². The summed E-state index contributed by atoms with van der Waals surface area (Å²) in [5, 5.41) is 12.8. The van der Waals surface area contributed by atoms with Crippen molar-refractivity contribution < 1.29 is 37.3 Å². The summed E-state index contributed by atoms with van der Waals surface area (Å²) in [6.45, 7) is 3.91. The Hall–Kier alpha value is -4.49. The lowest BCUT2D eigenvalue weighted by Gasteiger charge is -2.38. The van der Waals surface area contributed by atoms with Crippen molar-refractivity contribution in [3.05, 3.63) is 72.3 Å². The SMILES string of the molecule is C[C@@H]1CN([C@@H](C)CO)C(=O)c2cc(NS(=O)(=O)c3ccccc3)ccc2O[C@H]1CN(C)C(=O)Nc1ccc2c(c1)OCO2. The number of aliphatic hydroxyl groups is 1. The van der Waals surface area contributed by atoms with Crippen molar-refractivity contribution in [2.45, 2.75) is 30.9 Å². The highest BCUT2D eigenvalue weighted by atomic mass is 32.2. The normalized spacial score (nSPS) is 18.5. The van der Waals surface area contributed by atoms with E-state index in [-0.39, 0.29) is 60.3 Å². The summed E-state index contributed by atoms with van der Waals surface area (Å²) in [6.07, 6.45) is -0.542. The molecular formula is C30H34N4O8S. The van der Waals surface area contributed by atoms with Crippen LogP contribution in [0.5, 0.6) is 17.2 Å². The number of benzene rings is 3. The number of likely N-dealkylation sites (N-methyl/N-ethyl adjacent to an activating group) is 1. The summed E-state index contributed by atoms with van der Waals surface area (Å²) >= 11 is 0. The average molecular weight is 611 g/mol. The van der Waals surface area contributed by atoms with Gasteiger partial charge in [-0.3, -0.25) is 9.52 Å². The summed E-state index contributed by atoms with van der Waals surface area (Å²) in [5.41, 5.74) is 0.858. The van der Waals surface area contributed by atoms with Crippen LogP contribution in [0, 0.1) is 5.92 Å². The zero-order valence-corrected chi connectivity index (χ0v) is 24.8. The third-order valence-corrected chi connectivity index (χ3v) is 8.79. The first-order valence-corrected chi connectivity index (χ1v) is 15.3. The molecule has 228 valence electrons. The Morgan fingerprint density at radius 1 is 1.05 bits per heavy atom. The predicted molar refractivity (Wildman–Crippen MR) is 159 cm³/mol. The van der Waals surface area contributed by atoms with Gasteiger partial charge in [-0.05, 0) is 49.4 Å². The number of nitrogens with one attached hydrogen (secondary N) is 2. The Kier molecular flexibility index (Phi) is 8.64. The summed E-state index contributed by atoms with van der Waals surface area (Å²) < 4.78 is 45.4. The number of amides is 3. The molecular weight excluding hydrogens is 576 g/mol. The number of hydrogen-bond acceptors (Lipinski definition) is 8. The number of anilines is 2. The number of carbonyl (C=O) groups is 2. The number of carbonyl (C=O) groups excluding carboxylic acids is 2. The van der Waals surface area contributed by atoms with Crippen LogP contribution in [0.2, 0.25) is 0 Å². The number of fused-ring (bicyclic) bond motifs is 2. The minimum absolute atomic E-state index is 0.0794. The van der Waals surface area contributed by atoms with Gasteiger partial charge in [-0.15, -0.1) is 0 Å². The van der Waals surface area contributed by atoms with E-state index in [1.165, 1.54) is 35.2 Å². The molecule has 2 aliphatic heterocycles. The second-order valence-corrected chi connectivity index (χ2v) is 12.3. The lowest BCUT2D eigenvalue weighted by molar-refractivity contribution is 0.0371. The number of aliphatic hydroxyl groups excluding tert-OH is 1. The molecule has 2 heterocycles. The van der Waals surface area contributed by atoms with Gasteiger partial charge in [0.2, 0.25) is 6.79 Å². The Balaban J connectivity index is 1.38. The van der Waals surface area contributed by atoms with Crippen molar-refractivity contribution in [1.82, 2.24) is 9.80 Å². The largest absolute Gasteiger partial charge is 0.487 e. The van der Waals surface area contributed by atoms with E-state index in [2.05, 4.69) is 10.0 Å². The molecule has 3 amide bonds. The quantitative estimate of drug-likeness (QED) is 0.351. The molecule has 0 aliphatic carbocycles. The maximum atomic E-state index is 13.7. The van der Waals surface area contributed by atoms with E-state index >= 15 is 0 Å². The Morgan fingerprint density at radius 2 is 1.74 bits per heavy atom. The van der Waals surface area contributed by atoms with E-state index < -0.39 is 28.1 Å². The molecule has 5 rings (SSSR count). The van der Waals surface area contributed by atoms with Gasteiger partial charge in [-0.1, -0.05) is 25.1 Å². The van der Waals surface area contributed by atoms with Crippen LogP contribution < -0.4 is 24.2 Å². The van der Waals surface area contributed by atoms with Crippen LogP contribution in [-0.2, 0) is 10.0 Å². The fourth-order valence-corrected chi connectivity index (χ4v) is 5.93. The van der Waals surface area contributed by atoms with Crippen LogP contribution in [0.3, 0.4) is 0 Å². The Labute approximate surface area is 250 Å². The number of urea groups is 1. The Bertz CT molecular complexity index is 1600. The molecule has 3 aromatic carbocycles. The predicted octanol–water partition coefficient (Wildman–Crippen LogP) is 3.60. The van der Waals surface area contributed by atoms with E-state index in [0.717, 1.165) is 0 Å². The van der Waals surface area contributed by atoms with Gasteiger partial charge in [-0.25, -0.2) is 13.2 Å². The van der Waals surface area contributed by atoms with Gasteiger partial charge in [0.1, 0.15) is 11.9 Å². The highest BCUT2D eigenvalue weighted by Gasteiger charge is 2.34. The number of ether oxygens (including phenoxy) is 3. The van der Waals surface area contributed by atoms with Crippen LogP contribution in [0.15, 0.2) is 71.6 Å². The van der Waals surface area contributed by atoms with Crippen LogP contribution >= 0.6 is 0 Å². The zero-order valence-electron chi connectivity index (χ0n) is 24.0. The second-order valence-electron chi connectivity index (χ2n) is 10.6. The lowest BCUT2D eigenvalue weighted by atomic mass is 9.99. The smallest absolute Gasteiger partial charge is 0.321 e. The van der Waals surface area contributed by atoms with Crippen molar-refractivity contribution in [3.63, 3.8) is 0 Å². The van der Waals surface area contributed by atoms with Gasteiger partial charge in [0.25, 0.3) is 15.9 Å². The summed E-state index contributed by atoms with van der Waals surface area (Å²) in [5.74, 6) is 0.750. The van der Waals surface area contributed by atoms with E-state index in [9.17, 15) is 23.1 Å². The van der Waals surface area contributed by atoms with Gasteiger partial charge >= 0.3 is 6.03 Å². The molecule has 0 fully saturated rings. The van der Waals surface area contributed by atoms with Gasteiger partial charge in [-0.2, -0.15) is 0 Å². The Morgan fingerprint density at radius 3 is 2.49 bits per heavy atom. The molecule has 0 saturated carbocycles. The van der Waals surface area contributed by atoms with Crippen molar-refractivity contribution in [2.24, 2.45) is 5.92 Å². The molecule has 3 atom stereocenters. The van der Waals surface area contributed by atoms with E-state index in [1.54, 1.807) is 55.3 Å². The van der Waals surface area contributed by atoms with Crippen molar-refractivity contribution in [3.8, 4) is 17.2 Å². The van der Waals surface area contributed by atoms with Crippen LogP contribution in [0.4, 0.5) is 16.2 Å². The number of rotatable bonds is 8. The summed E-state index contributed by atoms with van der Waals surface area (Å²) in [4.78, 5) is 29.9. The first kappa shape index (κ1) is 30.0. The topological polar surface area (TPSA) is 147 Å². The van der Waals surface area contributed by atoms with Gasteiger partial charge < -0.3 is 34.4 Å². The molecule has 0 aromatic heterocycles. The molecule has 0 radical (unpaired) electrons. The fraction of sp³-hybridized carbons (Fsp3) is 0.333. The first-order valence-electron chi connectivity index (χ1n) is 13.8. The van der Waals surface area contributed by atoms with Crippen molar-refractivity contribution in [1.29, 1.82) is 0 Å². The molecule has 3 aromatic rings. The van der Waals surface area contributed by atoms with E-state index in [1.807, 2.05) is 6.92 Å². The molecule has 0 spiro atoms. The molecule has 0 bridgehead atoms. The molecule has 0 saturated heterocycles. The van der Waals surface area contributed by atoms with Crippen LogP contribution in [-0.4, -0.2) is 80.9 Å². The zero-order chi connectivity index (χ0) is 30.7. The molecule has 43 heavy (non-hydrogen) atoms. The summed E-state index contributed by atoms with van der Waals surface area (Å²) in [6, 6.07) is 16.6. The van der Waals surface area contributed by atoms with Crippen LogP contribution in [0.1, 0.15) is 24.2 Å². The third-order valence-electron chi connectivity index (χ3n) is 7.39. The highest BCUT2D eigenvalue weighted by Crippen LogP contribution is 2.35. The average Bonchev–Trinajstić information content (AvgIpc) is 3.47. The molecule has 2 aliphatic rings. The van der Waals surface area contributed by atoms with E-state index in [0.29, 0.717) is 17.2 Å². The maximum Gasteiger partial charge on any atom is 0.321 e.